The Hall–Kier alpha value is -1.36. The molecule has 1 N–H and O–H groups in total. The van der Waals surface area contributed by atoms with Crippen LogP contribution < -0.4 is 0 Å². The maximum atomic E-state index is 11.1. The summed E-state index contributed by atoms with van der Waals surface area (Å²) in [6, 6.07) is 0. The first-order chi connectivity index (χ1) is 10.3. The van der Waals surface area contributed by atoms with E-state index in [1.165, 1.54) is 30.5 Å². The predicted molar refractivity (Wildman–Crippen MR) is 84.6 cm³/mol. The predicted octanol–water partition coefficient (Wildman–Crippen LogP) is 2.62. The van der Waals surface area contributed by atoms with Crippen LogP contribution in [0.1, 0.15) is 56.7 Å². The summed E-state index contributed by atoms with van der Waals surface area (Å²) < 4.78 is 1.93. The summed E-state index contributed by atoms with van der Waals surface area (Å²) >= 11 is 0. The zero-order valence-corrected chi connectivity index (χ0v) is 13.9. The summed E-state index contributed by atoms with van der Waals surface area (Å²) in [7, 11) is 1.99. The summed E-state index contributed by atoms with van der Waals surface area (Å²) in [5.41, 5.74) is 2.67. The first kappa shape index (κ1) is 15.5. The van der Waals surface area contributed by atoms with Crippen LogP contribution in [0.4, 0.5) is 0 Å². The highest BCUT2D eigenvalue weighted by Gasteiger charge is 2.40. The summed E-state index contributed by atoms with van der Waals surface area (Å²) in [6.07, 6.45) is 6.25. The van der Waals surface area contributed by atoms with Crippen molar-refractivity contribution in [3.63, 3.8) is 0 Å². The second-order valence-corrected chi connectivity index (χ2v) is 7.79. The van der Waals surface area contributed by atoms with Gasteiger partial charge in [0.05, 0.1) is 5.69 Å². The molecule has 0 bridgehead atoms. The van der Waals surface area contributed by atoms with Crippen molar-refractivity contribution in [2.45, 2.75) is 52.0 Å². The standard InChI is InChI=1S/C17H27N3O2/c1-17(2)11-20(10-14(17)7-15(21)22)9-13-8-19(3)18-16(13)12-5-4-6-12/h8,12,14H,4-7,9-11H2,1-3H3,(H,21,22). The summed E-state index contributed by atoms with van der Waals surface area (Å²) in [6.45, 7) is 7.12. The van der Waals surface area contributed by atoms with Crippen LogP contribution in [-0.2, 0) is 18.4 Å². The third-order valence-electron chi connectivity index (χ3n) is 5.46. The van der Waals surface area contributed by atoms with Crippen LogP contribution >= 0.6 is 0 Å². The van der Waals surface area contributed by atoms with Gasteiger partial charge in [0, 0.05) is 50.8 Å². The van der Waals surface area contributed by atoms with Crippen LogP contribution in [0.2, 0.25) is 0 Å². The maximum Gasteiger partial charge on any atom is 0.303 e. The Morgan fingerprint density at radius 2 is 2.18 bits per heavy atom. The van der Waals surface area contributed by atoms with Crippen molar-refractivity contribution in [3.8, 4) is 0 Å². The zero-order valence-electron chi connectivity index (χ0n) is 13.9. The van der Waals surface area contributed by atoms with Gasteiger partial charge in [-0.05, 0) is 24.2 Å². The fourth-order valence-corrected chi connectivity index (χ4v) is 3.94. The molecule has 2 heterocycles. The van der Waals surface area contributed by atoms with Crippen molar-refractivity contribution in [2.24, 2.45) is 18.4 Å². The second-order valence-electron chi connectivity index (χ2n) is 7.79. The number of hydrogen-bond donors (Lipinski definition) is 1. The molecule has 5 heteroatoms. The smallest absolute Gasteiger partial charge is 0.303 e. The lowest BCUT2D eigenvalue weighted by atomic mass is 9.80. The Kier molecular flexibility index (Phi) is 4.02. The minimum absolute atomic E-state index is 0.0667. The number of likely N-dealkylation sites (tertiary alicyclic amines) is 1. The van der Waals surface area contributed by atoms with Crippen molar-refractivity contribution in [1.82, 2.24) is 14.7 Å². The van der Waals surface area contributed by atoms with Gasteiger partial charge in [-0.15, -0.1) is 0 Å². The molecular formula is C17H27N3O2. The van der Waals surface area contributed by atoms with E-state index in [9.17, 15) is 4.79 Å². The molecule has 1 saturated heterocycles. The molecule has 1 unspecified atom stereocenters. The van der Waals surface area contributed by atoms with E-state index in [0.717, 1.165) is 19.6 Å². The quantitative estimate of drug-likeness (QED) is 0.908. The number of carbonyl (C=O) groups is 1. The third kappa shape index (κ3) is 3.05. The average molecular weight is 305 g/mol. The van der Waals surface area contributed by atoms with E-state index in [2.05, 4.69) is 30.0 Å². The van der Waals surface area contributed by atoms with Crippen LogP contribution in [0, 0.1) is 11.3 Å². The molecule has 0 amide bonds. The van der Waals surface area contributed by atoms with Crippen LogP contribution in [0.25, 0.3) is 0 Å². The molecule has 122 valence electrons. The Morgan fingerprint density at radius 1 is 1.45 bits per heavy atom. The van der Waals surface area contributed by atoms with Crippen molar-refractivity contribution < 1.29 is 9.90 Å². The highest BCUT2D eigenvalue weighted by Crippen LogP contribution is 2.40. The lowest BCUT2D eigenvalue weighted by Crippen LogP contribution is -2.25. The molecule has 1 aromatic heterocycles. The van der Waals surface area contributed by atoms with Gasteiger partial charge in [-0.2, -0.15) is 5.10 Å². The van der Waals surface area contributed by atoms with Crippen molar-refractivity contribution in [2.75, 3.05) is 13.1 Å². The number of aromatic nitrogens is 2. The van der Waals surface area contributed by atoms with Crippen LogP contribution in [-0.4, -0.2) is 38.8 Å². The monoisotopic (exact) mass is 305 g/mol. The topological polar surface area (TPSA) is 58.4 Å². The van der Waals surface area contributed by atoms with Gasteiger partial charge in [0.15, 0.2) is 0 Å². The van der Waals surface area contributed by atoms with Gasteiger partial charge in [0.1, 0.15) is 0 Å². The van der Waals surface area contributed by atoms with Gasteiger partial charge in [0.2, 0.25) is 0 Å². The highest BCUT2D eigenvalue weighted by atomic mass is 16.4. The molecule has 0 aromatic carbocycles. The highest BCUT2D eigenvalue weighted by molar-refractivity contribution is 5.67. The second kappa shape index (κ2) is 5.69. The number of aliphatic carboxylic acids is 1. The lowest BCUT2D eigenvalue weighted by molar-refractivity contribution is -0.138. The molecule has 1 aliphatic carbocycles. The number of carboxylic acid groups (broad SMARTS) is 1. The van der Waals surface area contributed by atoms with Gasteiger partial charge < -0.3 is 5.11 Å². The van der Waals surface area contributed by atoms with Crippen molar-refractivity contribution in [1.29, 1.82) is 0 Å². The Bertz CT molecular complexity index is 560. The molecule has 0 spiro atoms. The molecule has 1 aromatic rings. The zero-order chi connectivity index (χ0) is 15.9. The van der Waals surface area contributed by atoms with Crippen LogP contribution in [0.3, 0.4) is 0 Å². The van der Waals surface area contributed by atoms with E-state index in [1.807, 2.05) is 11.7 Å². The molecule has 3 rings (SSSR count). The van der Waals surface area contributed by atoms with E-state index < -0.39 is 5.97 Å². The van der Waals surface area contributed by atoms with E-state index in [1.54, 1.807) is 0 Å². The minimum atomic E-state index is -0.684. The fraction of sp³-hybridized carbons (Fsp3) is 0.765. The summed E-state index contributed by atoms with van der Waals surface area (Å²) in [5.74, 6) is 0.187. The van der Waals surface area contributed by atoms with E-state index in [0.29, 0.717) is 5.92 Å². The molecule has 0 radical (unpaired) electrons. The van der Waals surface area contributed by atoms with Gasteiger partial charge in [0.25, 0.3) is 0 Å². The summed E-state index contributed by atoms with van der Waals surface area (Å²) in [4.78, 5) is 13.5. The summed E-state index contributed by atoms with van der Waals surface area (Å²) in [5, 5.41) is 13.8. The molecule has 1 atom stereocenters. The largest absolute Gasteiger partial charge is 0.481 e. The van der Waals surface area contributed by atoms with E-state index in [4.69, 9.17) is 5.11 Å². The Morgan fingerprint density at radius 3 is 2.77 bits per heavy atom. The normalized spacial score (nSPS) is 25.3. The van der Waals surface area contributed by atoms with E-state index in [-0.39, 0.29) is 17.8 Å². The van der Waals surface area contributed by atoms with E-state index >= 15 is 0 Å². The average Bonchev–Trinajstić information content (AvgIpc) is 2.78. The first-order valence-corrected chi connectivity index (χ1v) is 8.32. The van der Waals surface area contributed by atoms with Gasteiger partial charge in [-0.3, -0.25) is 14.4 Å². The SMILES string of the molecule is Cn1cc(CN2CC(CC(=O)O)C(C)(C)C2)c(C2CCC2)n1. The van der Waals surface area contributed by atoms with Crippen LogP contribution in [0.5, 0.6) is 0 Å². The van der Waals surface area contributed by atoms with Crippen molar-refractivity contribution >= 4 is 5.97 Å². The van der Waals surface area contributed by atoms with Gasteiger partial charge in [-0.25, -0.2) is 0 Å². The Labute approximate surface area is 132 Å². The molecule has 1 aliphatic heterocycles. The lowest BCUT2D eigenvalue weighted by Gasteiger charge is -2.26. The molecular weight excluding hydrogens is 278 g/mol. The molecule has 2 fully saturated rings. The van der Waals surface area contributed by atoms with Gasteiger partial charge in [-0.1, -0.05) is 20.3 Å². The maximum absolute atomic E-state index is 11.1. The number of hydrogen-bond acceptors (Lipinski definition) is 3. The molecule has 2 aliphatic rings. The minimum Gasteiger partial charge on any atom is -0.481 e. The first-order valence-electron chi connectivity index (χ1n) is 8.32. The number of nitrogens with zero attached hydrogens (tertiary/aromatic N) is 3. The number of carboxylic acids is 1. The molecule has 1 saturated carbocycles. The number of aryl methyl sites for hydroxylation is 1. The van der Waals surface area contributed by atoms with Gasteiger partial charge >= 0.3 is 5.97 Å². The Balaban J connectivity index is 1.70. The van der Waals surface area contributed by atoms with Crippen LogP contribution in [0.15, 0.2) is 6.20 Å². The molecule has 5 nitrogen and oxygen atoms in total. The third-order valence-corrected chi connectivity index (χ3v) is 5.46. The van der Waals surface area contributed by atoms with Crippen molar-refractivity contribution in [3.05, 3.63) is 17.5 Å². The number of rotatable bonds is 5. The molecule has 22 heavy (non-hydrogen) atoms. The fourth-order valence-electron chi connectivity index (χ4n) is 3.94.